The fraction of sp³-hybridized carbons (Fsp3) is 0.143. The molecule has 9 heteroatoms. The summed E-state index contributed by atoms with van der Waals surface area (Å²) < 4.78 is 6.27. The van der Waals surface area contributed by atoms with E-state index in [1.807, 2.05) is 12.1 Å². The first-order valence-corrected chi connectivity index (χ1v) is 8.06. The quantitative estimate of drug-likeness (QED) is 0.459. The normalized spacial score (nSPS) is 12.1. The Morgan fingerprint density at radius 3 is 2.83 bits per heavy atom. The molecular weight excluding hydrogens is 386 g/mol. The molecule has 0 spiro atoms. The number of benzene rings is 1. The fourth-order valence-electron chi connectivity index (χ4n) is 1.54. The highest BCUT2D eigenvalue weighted by Gasteiger charge is 2.15. The second kappa shape index (κ2) is 7.84. The van der Waals surface area contributed by atoms with Crippen LogP contribution in [-0.4, -0.2) is 23.1 Å². The van der Waals surface area contributed by atoms with Gasteiger partial charge in [-0.15, -0.1) is 0 Å². The van der Waals surface area contributed by atoms with Gasteiger partial charge in [0.1, 0.15) is 5.75 Å². The van der Waals surface area contributed by atoms with Crippen molar-refractivity contribution in [2.45, 2.75) is 13.0 Å². The maximum atomic E-state index is 11.9. The van der Waals surface area contributed by atoms with Crippen molar-refractivity contribution in [3.05, 3.63) is 55.9 Å². The number of hydrogen-bond donors (Lipinski definition) is 1. The first-order valence-electron chi connectivity index (χ1n) is 6.45. The van der Waals surface area contributed by atoms with Gasteiger partial charge in [-0.1, -0.05) is 23.5 Å². The molecule has 7 nitrogen and oxygen atoms in total. The van der Waals surface area contributed by atoms with Gasteiger partial charge in [-0.3, -0.25) is 14.9 Å². The lowest BCUT2D eigenvalue weighted by Crippen LogP contribution is -2.33. The minimum absolute atomic E-state index is 0.0170. The highest BCUT2D eigenvalue weighted by atomic mass is 79.9. The van der Waals surface area contributed by atoms with Crippen LogP contribution in [0.4, 0.5) is 5.00 Å². The summed E-state index contributed by atoms with van der Waals surface area (Å²) in [6.07, 6.45) is 0.601. The molecular formula is C14H12BrN3O4S. The van der Waals surface area contributed by atoms with E-state index in [4.69, 9.17) is 4.74 Å². The van der Waals surface area contributed by atoms with Crippen molar-refractivity contribution in [1.82, 2.24) is 5.43 Å². The van der Waals surface area contributed by atoms with Gasteiger partial charge < -0.3 is 4.74 Å². The number of ether oxygens (including phenoxy) is 1. The molecule has 120 valence electrons. The van der Waals surface area contributed by atoms with Gasteiger partial charge in [0, 0.05) is 6.07 Å². The number of thiophene rings is 1. The van der Waals surface area contributed by atoms with Crippen LogP contribution in [0.15, 0.2) is 46.0 Å². The van der Waals surface area contributed by atoms with Gasteiger partial charge in [-0.05, 0) is 41.1 Å². The smallest absolute Gasteiger partial charge is 0.324 e. The molecule has 1 aromatic heterocycles. The average molecular weight is 398 g/mol. The largest absolute Gasteiger partial charge is 0.480 e. The van der Waals surface area contributed by atoms with Crippen LogP contribution in [0.5, 0.6) is 5.75 Å². The van der Waals surface area contributed by atoms with E-state index < -0.39 is 16.9 Å². The topological polar surface area (TPSA) is 93.8 Å². The van der Waals surface area contributed by atoms with Crippen molar-refractivity contribution in [3.8, 4) is 5.75 Å². The number of halogens is 1. The van der Waals surface area contributed by atoms with Crippen molar-refractivity contribution in [1.29, 1.82) is 0 Å². The van der Waals surface area contributed by atoms with Gasteiger partial charge in [0.15, 0.2) is 6.10 Å². The lowest BCUT2D eigenvalue weighted by atomic mass is 10.3. The summed E-state index contributed by atoms with van der Waals surface area (Å²) in [5.74, 6) is 0.121. The predicted octanol–water partition coefficient (Wildman–Crippen LogP) is 3.34. The third-order valence-corrected chi connectivity index (χ3v) is 4.30. The van der Waals surface area contributed by atoms with Gasteiger partial charge in [0.2, 0.25) is 0 Å². The summed E-state index contributed by atoms with van der Waals surface area (Å²) in [6, 6.07) is 10.1. The molecule has 0 radical (unpaired) electrons. The van der Waals surface area contributed by atoms with E-state index >= 15 is 0 Å². The minimum Gasteiger partial charge on any atom is -0.480 e. The van der Waals surface area contributed by atoms with Crippen molar-refractivity contribution < 1.29 is 14.5 Å². The molecule has 0 aliphatic rings. The van der Waals surface area contributed by atoms with Crippen LogP contribution < -0.4 is 10.2 Å². The lowest BCUT2D eigenvalue weighted by Gasteiger charge is -2.13. The standard InChI is InChI=1S/C14H12BrN3O4S/c1-9(22-12-5-3-2-4-11(12)15)14(19)17-16-8-10-6-7-13(23-10)18(20)21/h2-9H,1H3,(H,17,19)/b16-8-/t9-/m0/s1. The first kappa shape index (κ1) is 17.1. The third-order valence-electron chi connectivity index (χ3n) is 2.67. The number of hydrazone groups is 1. The number of nitro groups is 1. The number of amides is 1. The lowest BCUT2D eigenvalue weighted by molar-refractivity contribution is -0.380. The molecule has 0 saturated carbocycles. The van der Waals surface area contributed by atoms with Gasteiger partial charge >= 0.3 is 5.00 Å². The van der Waals surface area contributed by atoms with Crippen LogP contribution in [-0.2, 0) is 4.79 Å². The summed E-state index contributed by atoms with van der Waals surface area (Å²) in [6.45, 7) is 1.60. The molecule has 1 atom stereocenters. The monoisotopic (exact) mass is 397 g/mol. The summed E-state index contributed by atoms with van der Waals surface area (Å²) in [5.41, 5.74) is 2.34. The molecule has 2 aromatic rings. The molecule has 1 N–H and O–H groups in total. The number of nitrogens with zero attached hydrogens (tertiary/aromatic N) is 2. The van der Waals surface area contributed by atoms with Crippen LogP contribution in [0.25, 0.3) is 0 Å². The van der Waals surface area contributed by atoms with Crippen LogP contribution in [0, 0.1) is 10.1 Å². The van der Waals surface area contributed by atoms with E-state index in [0.717, 1.165) is 15.8 Å². The molecule has 1 aromatic carbocycles. The Hall–Kier alpha value is -2.26. The van der Waals surface area contributed by atoms with E-state index in [1.165, 1.54) is 12.3 Å². The summed E-state index contributed by atoms with van der Waals surface area (Å²) in [4.78, 5) is 22.5. The highest BCUT2D eigenvalue weighted by molar-refractivity contribution is 9.10. The van der Waals surface area contributed by atoms with E-state index in [-0.39, 0.29) is 5.00 Å². The van der Waals surface area contributed by atoms with E-state index in [9.17, 15) is 14.9 Å². The second-order valence-corrected chi connectivity index (χ2v) is 6.31. The van der Waals surface area contributed by atoms with Crippen molar-refractivity contribution in [3.63, 3.8) is 0 Å². The second-order valence-electron chi connectivity index (χ2n) is 4.36. The molecule has 0 aliphatic heterocycles. The molecule has 0 saturated heterocycles. The Morgan fingerprint density at radius 1 is 1.43 bits per heavy atom. The summed E-state index contributed by atoms with van der Waals surface area (Å²) in [7, 11) is 0. The Bertz CT molecular complexity index is 747. The average Bonchev–Trinajstić information content (AvgIpc) is 2.98. The zero-order valence-electron chi connectivity index (χ0n) is 11.9. The predicted molar refractivity (Wildman–Crippen MR) is 90.9 cm³/mol. The number of nitrogens with one attached hydrogen (secondary N) is 1. The molecule has 0 aliphatic carbocycles. The van der Waals surface area contributed by atoms with E-state index in [2.05, 4.69) is 26.5 Å². The highest BCUT2D eigenvalue weighted by Crippen LogP contribution is 2.25. The summed E-state index contributed by atoms with van der Waals surface area (Å²) >= 11 is 4.30. The zero-order valence-corrected chi connectivity index (χ0v) is 14.3. The zero-order chi connectivity index (χ0) is 16.8. The van der Waals surface area contributed by atoms with Gasteiger partial charge in [0.05, 0.1) is 20.5 Å². The van der Waals surface area contributed by atoms with Crippen molar-refractivity contribution in [2.24, 2.45) is 5.10 Å². The van der Waals surface area contributed by atoms with Crippen LogP contribution in [0.2, 0.25) is 0 Å². The maximum Gasteiger partial charge on any atom is 0.324 e. The Labute approximate surface area is 144 Å². The minimum atomic E-state index is -0.747. The maximum absolute atomic E-state index is 11.9. The van der Waals surface area contributed by atoms with Crippen LogP contribution in [0.3, 0.4) is 0 Å². The Kier molecular flexibility index (Phi) is 5.83. The Morgan fingerprint density at radius 2 is 2.17 bits per heavy atom. The van der Waals surface area contributed by atoms with E-state index in [0.29, 0.717) is 10.6 Å². The Balaban J connectivity index is 1.89. The van der Waals surface area contributed by atoms with Crippen LogP contribution >= 0.6 is 27.3 Å². The van der Waals surface area contributed by atoms with Crippen molar-refractivity contribution in [2.75, 3.05) is 0 Å². The number of rotatable bonds is 6. The fourth-order valence-corrected chi connectivity index (χ4v) is 2.62. The molecule has 0 unspecified atom stereocenters. The number of carbonyl (C=O) groups is 1. The number of para-hydroxylation sites is 1. The van der Waals surface area contributed by atoms with E-state index in [1.54, 1.807) is 25.1 Å². The number of carbonyl (C=O) groups excluding carboxylic acids is 1. The SMILES string of the molecule is C[C@H](Oc1ccccc1Br)C(=O)N/N=C\c1ccc([N+](=O)[O-])s1. The third kappa shape index (κ3) is 4.86. The van der Waals surface area contributed by atoms with Crippen LogP contribution in [0.1, 0.15) is 11.8 Å². The van der Waals surface area contributed by atoms with Gasteiger partial charge in [0.25, 0.3) is 5.91 Å². The van der Waals surface area contributed by atoms with Crippen molar-refractivity contribution >= 4 is 44.4 Å². The summed E-state index contributed by atoms with van der Waals surface area (Å²) in [5, 5.41) is 14.4. The molecule has 1 heterocycles. The molecule has 2 rings (SSSR count). The molecule has 23 heavy (non-hydrogen) atoms. The number of hydrogen-bond acceptors (Lipinski definition) is 6. The molecule has 0 bridgehead atoms. The van der Waals surface area contributed by atoms with Gasteiger partial charge in [-0.2, -0.15) is 5.10 Å². The van der Waals surface area contributed by atoms with Gasteiger partial charge in [-0.25, -0.2) is 5.43 Å². The first-order chi connectivity index (χ1) is 11.0. The molecule has 0 fully saturated rings. The molecule has 1 amide bonds.